The Bertz CT molecular complexity index is 1180. The number of nitrogens with zero attached hydrogens (tertiary/aromatic N) is 2. The molecule has 1 aliphatic rings. The standard InChI is InChI=1S/C24H24F2N2O2S/c1-17-7-9-22(26)24(12-17)31(29,30)28-11-3-5-20(16-28)23-10-8-19(15-27-23)13-18-4-2-6-21(25)14-18/h2,4,6-10,12,14-15,20H,3,5,11,13,16H2,1H3. The van der Waals surface area contributed by atoms with E-state index in [2.05, 4.69) is 4.98 Å². The molecule has 0 spiro atoms. The van der Waals surface area contributed by atoms with Gasteiger partial charge < -0.3 is 0 Å². The highest BCUT2D eigenvalue weighted by molar-refractivity contribution is 7.89. The van der Waals surface area contributed by atoms with Crippen LogP contribution >= 0.6 is 0 Å². The second-order valence-electron chi connectivity index (χ2n) is 8.03. The normalized spacial score (nSPS) is 17.6. The molecule has 4 rings (SSSR count). The van der Waals surface area contributed by atoms with Crippen LogP contribution in [0.5, 0.6) is 0 Å². The minimum absolute atomic E-state index is 0.0559. The van der Waals surface area contributed by atoms with E-state index in [0.717, 1.165) is 23.2 Å². The van der Waals surface area contributed by atoms with Gasteiger partial charge in [0.2, 0.25) is 10.0 Å². The van der Waals surface area contributed by atoms with Crippen molar-refractivity contribution in [1.29, 1.82) is 0 Å². The lowest BCUT2D eigenvalue weighted by molar-refractivity contribution is 0.311. The molecule has 1 fully saturated rings. The van der Waals surface area contributed by atoms with Crippen LogP contribution in [0.4, 0.5) is 8.78 Å². The van der Waals surface area contributed by atoms with Crippen LogP contribution in [0.25, 0.3) is 0 Å². The van der Waals surface area contributed by atoms with Gasteiger partial charge in [-0.1, -0.05) is 24.3 Å². The third-order valence-electron chi connectivity index (χ3n) is 5.65. The molecule has 1 unspecified atom stereocenters. The lowest BCUT2D eigenvalue weighted by atomic mass is 9.95. The number of aryl methyl sites for hydroxylation is 1. The SMILES string of the molecule is Cc1ccc(F)c(S(=O)(=O)N2CCCC(c3ccc(Cc4cccc(F)c4)cn3)C2)c1. The third kappa shape index (κ3) is 4.83. The molecule has 7 heteroatoms. The van der Waals surface area contributed by atoms with Crippen LogP contribution in [0.15, 0.2) is 65.7 Å². The minimum atomic E-state index is -3.91. The minimum Gasteiger partial charge on any atom is -0.261 e. The number of hydrogen-bond donors (Lipinski definition) is 0. The maximum absolute atomic E-state index is 14.2. The van der Waals surface area contributed by atoms with Crippen molar-refractivity contribution in [1.82, 2.24) is 9.29 Å². The van der Waals surface area contributed by atoms with Crippen LogP contribution in [0.3, 0.4) is 0 Å². The number of halogens is 2. The Balaban J connectivity index is 1.50. The highest BCUT2D eigenvalue weighted by Gasteiger charge is 2.33. The molecule has 3 aromatic rings. The zero-order valence-corrected chi connectivity index (χ0v) is 18.1. The van der Waals surface area contributed by atoms with Gasteiger partial charge in [0.05, 0.1) is 0 Å². The molecule has 1 atom stereocenters. The van der Waals surface area contributed by atoms with Gasteiger partial charge in [0, 0.05) is 30.9 Å². The quantitative estimate of drug-likeness (QED) is 0.569. The van der Waals surface area contributed by atoms with E-state index >= 15 is 0 Å². The lowest BCUT2D eigenvalue weighted by Gasteiger charge is -2.31. The van der Waals surface area contributed by atoms with E-state index in [1.165, 1.54) is 28.6 Å². The summed E-state index contributed by atoms with van der Waals surface area (Å²) in [7, 11) is -3.91. The number of rotatable bonds is 5. The zero-order valence-electron chi connectivity index (χ0n) is 17.3. The van der Waals surface area contributed by atoms with Crippen LogP contribution in [0.1, 0.15) is 41.1 Å². The summed E-state index contributed by atoms with van der Waals surface area (Å²) < 4.78 is 55.1. The smallest absolute Gasteiger partial charge is 0.246 e. The first-order chi connectivity index (χ1) is 14.8. The van der Waals surface area contributed by atoms with Crippen molar-refractivity contribution in [3.63, 3.8) is 0 Å². The number of sulfonamides is 1. The molecule has 0 N–H and O–H groups in total. The van der Waals surface area contributed by atoms with E-state index in [-0.39, 0.29) is 23.2 Å². The first-order valence-corrected chi connectivity index (χ1v) is 11.7. The average molecular weight is 443 g/mol. The van der Waals surface area contributed by atoms with Gasteiger partial charge in [-0.2, -0.15) is 4.31 Å². The fourth-order valence-electron chi connectivity index (χ4n) is 4.01. The van der Waals surface area contributed by atoms with E-state index in [1.54, 1.807) is 25.3 Å². The van der Waals surface area contributed by atoms with E-state index in [9.17, 15) is 17.2 Å². The van der Waals surface area contributed by atoms with Gasteiger partial charge in [0.25, 0.3) is 0 Å². The van der Waals surface area contributed by atoms with Gasteiger partial charge in [-0.25, -0.2) is 17.2 Å². The predicted octanol–water partition coefficient (Wildman–Crippen LogP) is 4.83. The summed E-state index contributed by atoms with van der Waals surface area (Å²) >= 11 is 0. The molecular weight excluding hydrogens is 418 g/mol. The van der Waals surface area contributed by atoms with Crippen molar-refractivity contribution in [2.75, 3.05) is 13.1 Å². The molecular formula is C24H24F2N2O2S. The van der Waals surface area contributed by atoms with Crippen molar-refractivity contribution >= 4 is 10.0 Å². The number of hydrogen-bond acceptors (Lipinski definition) is 3. The fourth-order valence-corrected chi connectivity index (χ4v) is 5.69. The maximum Gasteiger partial charge on any atom is 0.246 e. The molecule has 2 heterocycles. The van der Waals surface area contributed by atoms with Gasteiger partial charge in [0.15, 0.2) is 0 Å². The second-order valence-corrected chi connectivity index (χ2v) is 9.94. The van der Waals surface area contributed by atoms with E-state index in [4.69, 9.17) is 0 Å². The maximum atomic E-state index is 14.2. The summed E-state index contributed by atoms with van der Waals surface area (Å²) in [4.78, 5) is 4.28. The first-order valence-electron chi connectivity index (χ1n) is 10.3. The summed E-state index contributed by atoms with van der Waals surface area (Å²) in [6.07, 6.45) is 3.83. The molecule has 0 radical (unpaired) electrons. The van der Waals surface area contributed by atoms with Gasteiger partial charge in [-0.05, 0) is 73.2 Å². The Labute approximate surface area is 181 Å². The summed E-state index contributed by atoms with van der Waals surface area (Å²) in [6.45, 7) is 2.38. The second kappa shape index (κ2) is 8.85. The number of piperidine rings is 1. The molecule has 1 saturated heterocycles. The van der Waals surface area contributed by atoms with Crippen molar-refractivity contribution in [3.05, 3.63) is 94.8 Å². The van der Waals surface area contributed by atoms with E-state index < -0.39 is 15.8 Å². The molecule has 31 heavy (non-hydrogen) atoms. The fraction of sp³-hybridized carbons (Fsp3) is 0.292. The highest BCUT2D eigenvalue weighted by Crippen LogP contribution is 2.30. The van der Waals surface area contributed by atoms with Crippen molar-refractivity contribution < 1.29 is 17.2 Å². The topological polar surface area (TPSA) is 50.3 Å². The lowest BCUT2D eigenvalue weighted by Crippen LogP contribution is -2.39. The third-order valence-corrected chi connectivity index (χ3v) is 7.53. The summed E-state index contributed by atoms with van der Waals surface area (Å²) in [5.74, 6) is -1.05. The van der Waals surface area contributed by atoms with Crippen LogP contribution in [-0.4, -0.2) is 30.8 Å². The van der Waals surface area contributed by atoms with Gasteiger partial charge >= 0.3 is 0 Å². The van der Waals surface area contributed by atoms with Crippen LogP contribution in [-0.2, 0) is 16.4 Å². The number of pyridine rings is 1. The molecule has 2 aromatic carbocycles. The molecule has 4 nitrogen and oxygen atoms in total. The largest absolute Gasteiger partial charge is 0.261 e. The molecule has 0 saturated carbocycles. The van der Waals surface area contributed by atoms with E-state index in [1.807, 2.05) is 18.2 Å². The Hall–Kier alpha value is -2.64. The van der Waals surface area contributed by atoms with Crippen LogP contribution in [0.2, 0.25) is 0 Å². The highest BCUT2D eigenvalue weighted by atomic mass is 32.2. The average Bonchev–Trinajstić information content (AvgIpc) is 2.76. The van der Waals surface area contributed by atoms with Gasteiger partial charge in [0.1, 0.15) is 16.5 Å². The first kappa shape index (κ1) is 21.6. The number of benzene rings is 2. The molecule has 1 aliphatic heterocycles. The van der Waals surface area contributed by atoms with E-state index in [0.29, 0.717) is 24.9 Å². The Kier molecular flexibility index (Phi) is 6.16. The van der Waals surface area contributed by atoms with Gasteiger partial charge in [-0.3, -0.25) is 4.98 Å². The Morgan fingerprint density at radius 2 is 1.90 bits per heavy atom. The van der Waals surface area contributed by atoms with Crippen molar-refractivity contribution in [3.8, 4) is 0 Å². The molecule has 0 bridgehead atoms. The van der Waals surface area contributed by atoms with Crippen molar-refractivity contribution in [2.45, 2.75) is 37.0 Å². The number of aromatic nitrogens is 1. The molecule has 1 aromatic heterocycles. The zero-order chi connectivity index (χ0) is 22.0. The predicted molar refractivity (Wildman–Crippen MR) is 115 cm³/mol. The summed E-state index contributed by atoms with van der Waals surface area (Å²) in [5, 5.41) is 0. The van der Waals surface area contributed by atoms with Crippen LogP contribution < -0.4 is 0 Å². The van der Waals surface area contributed by atoms with Crippen LogP contribution in [0, 0.1) is 18.6 Å². The summed E-state index contributed by atoms with van der Waals surface area (Å²) in [6, 6.07) is 14.5. The Morgan fingerprint density at radius 3 is 2.65 bits per heavy atom. The Morgan fingerprint density at radius 1 is 1.06 bits per heavy atom. The summed E-state index contributed by atoms with van der Waals surface area (Å²) in [5.41, 5.74) is 3.33. The molecule has 0 amide bonds. The molecule has 162 valence electrons. The molecule has 0 aliphatic carbocycles. The monoisotopic (exact) mass is 442 g/mol. The van der Waals surface area contributed by atoms with Gasteiger partial charge in [-0.15, -0.1) is 0 Å². The van der Waals surface area contributed by atoms with Crippen molar-refractivity contribution in [2.24, 2.45) is 0 Å².